The van der Waals surface area contributed by atoms with Crippen molar-refractivity contribution in [1.29, 1.82) is 0 Å². The minimum Gasteiger partial charge on any atom is -0.323 e. The van der Waals surface area contributed by atoms with Crippen LogP contribution < -0.4 is 5.73 Å². The first-order valence-corrected chi connectivity index (χ1v) is 5.95. The van der Waals surface area contributed by atoms with E-state index in [0.29, 0.717) is 6.04 Å². The van der Waals surface area contributed by atoms with E-state index >= 15 is 0 Å². The summed E-state index contributed by atoms with van der Waals surface area (Å²) in [5.41, 5.74) is 7.50. The molecule has 0 spiro atoms. The van der Waals surface area contributed by atoms with Gasteiger partial charge in [-0.05, 0) is 42.7 Å². The van der Waals surface area contributed by atoms with E-state index in [1.807, 2.05) is 0 Å². The summed E-state index contributed by atoms with van der Waals surface area (Å²) < 4.78 is 0. The lowest BCUT2D eigenvalue weighted by molar-refractivity contribution is 0.580. The topological polar surface area (TPSA) is 26.0 Å². The van der Waals surface area contributed by atoms with Gasteiger partial charge in [-0.15, -0.1) is 11.3 Å². The fourth-order valence-electron chi connectivity index (χ4n) is 1.72. The predicted octanol–water partition coefficient (Wildman–Crippen LogP) is 3.25. The molecular weight excluding hydrogens is 178 g/mol. The molecule has 1 aromatic rings. The lowest BCUT2D eigenvalue weighted by Gasteiger charge is -2.10. The van der Waals surface area contributed by atoms with Gasteiger partial charge >= 0.3 is 0 Å². The van der Waals surface area contributed by atoms with Gasteiger partial charge in [-0.1, -0.05) is 12.8 Å². The maximum absolute atomic E-state index is 6.13. The van der Waals surface area contributed by atoms with Crippen molar-refractivity contribution in [3.8, 4) is 0 Å². The maximum Gasteiger partial charge on any atom is 0.0392 e. The molecule has 0 amide bonds. The summed E-state index contributed by atoms with van der Waals surface area (Å²) in [4.78, 5) is 1.39. The maximum atomic E-state index is 6.13. The smallest absolute Gasteiger partial charge is 0.0392 e. The second kappa shape index (κ2) is 3.81. The number of thiophene rings is 1. The van der Waals surface area contributed by atoms with Gasteiger partial charge in [0.25, 0.3) is 0 Å². The number of nitrogens with two attached hydrogens (primary N) is 1. The van der Waals surface area contributed by atoms with E-state index in [2.05, 4.69) is 18.4 Å². The Kier molecular flexibility index (Phi) is 2.70. The molecule has 1 unspecified atom stereocenters. The van der Waals surface area contributed by atoms with E-state index < -0.39 is 0 Å². The molecule has 0 radical (unpaired) electrons. The van der Waals surface area contributed by atoms with Crippen molar-refractivity contribution in [2.75, 3.05) is 0 Å². The molecule has 1 nitrogen and oxygen atoms in total. The van der Waals surface area contributed by atoms with Crippen molar-refractivity contribution in [2.24, 2.45) is 11.7 Å². The summed E-state index contributed by atoms with van der Waals surface area (Å²) in [6.45, 7) is 2.16. The van der Waals surface area contributed by atoms with Gasteiger partial charge in [0.15, 0.2) is 0 Å². The van der Waals surface area contributed by atoms with E-state index in [9.17, 15) is 0 Å². The third-order valence-corrected chi connectivity index (χ3v) is 3.97. The first-order valence-electron chi connectivity index (χ1n) is 5.07. The van der Waals surface area contributed by atoms with Crippen molar-refractivity contribution < 1.29 is 0 Å². The van der Waals surface area contributed by atoms with Crippen LogP contribution in [0.5, 0.6) is 0 Å². The van der Waals surface area contributed by atoms with Crippen LogP contribution >= 0.6 is 11.3 Å². The Morgan fingerprint density at radius 2 is 2.38 bits per heavy atom. The summed E-state index contributed by atoms with van der Waals surface area (Å²) in [7, 11) is 0. The highest BCUT2D eigenvalue weighted by molar-refractivity contribution is 7.10. The highest BCUT2D eigenvalue weighted by Crippen LogP contribution is 2.36. The highest BCUT2D eigenvalue weighted by Gasteiger charge is 2.22. The normalized spacial score (nSPS) is 18.9. The van der Waals surface area contributed by atoms with Crippen molar-refractivity contribution in [2.45, 2.75) is 38.6 Å². The fraction of sp³-hybridized carbons (Fsp3) is 0.636. The van der Waals surface area contributed by atoms with Crippen molar-refractivity contribution in [3.63, 3.8) is 0 Å². The molecule has 13 heavy (non-hydrogen) atoms. The molecule has 2 heteroatoms. The number of hydrogen-bond donors (Lipinski definition) is 1. The molecule has 1 saturated carbocycles. The Labute approximate surface area is 84.0 Å². The van der Waals surface area contributed by atoms with Crippen LogP contribution in [0.25, 0.3) is 0 Å². The lowest BCUT2D eigenvalue weighted by Crippen LogP contribution is -2.09. The minimum atomic E-state index is 0.292. The Bertz CT molecular complexity index is 275. The predicted molar refractivity (Wildman–Crippen MR) is 57.9 cm³/mol. The molecule has 72 valence electrons. The summed E-state index contributed by atoms with van der Waals surface area (Å²) >= 11 is 1.80. The summed E-state index contributed by atoms with van der Waals surface area (Å²) in [6.07, 6.45) is 5.39. The van der Waals surface area contributed by atoms with E-state index in [0.717, 1.165) is 5.92 Å². The van der Waals surface area contributed by atoms with Gasteiger partial charge in [0.2, 0.25) is 0 Å². The summed E-state index contributed by atoms with van der Waals surface area (Å²) in [5.74, 6) is 1.01. The summed E-state index contributed by atoms with van der Waals surface area (Å²) in [5, 5.41) is 2.14. The molecule has 1 aliphatic rings. The Hall–Kier alpha value is -0.340. The van der Waals surface area contributed by atoms with E-state index in [1.54, 1.807) is 11.3 Å². The van der Waals surface area contributed by atoms with Crippen LogP contribution in [-0.2, 0) is 0 Å². The zero-order chi connectivity index (χ0) is 9.26. The average Bonchev–Trinajstić information content (AvgIpc) is 2.84. The van der Waals surface area contributed by atoms with Gasteiger partial charge in [-0.25, -0.2) is 0 Å². The number of hydrogen-bond acceptors (Lipinski definition) is 2. The molecule has 1 aliphatic carbocycles. The van der Waals surface area contributed by atoms with Crippen LogP contribution in [0.3, 0.4) is 0 Å². The van der Waals surface area contributed by atoms with Crippen molar-refractivity contribution in [3.05, 3.63) is 21.9 Å². The third-order valence-electron chi connectivity index (χ3n) is 2.82. The number of aryl methyl sites for hydroxylation is 1. The van der Waals surface area contributed by atoms with Gasteiger partial charge in [0, 0.05) is 10.9 Å². The van der Waals surface area contributed by atoms with Crippen LogP contribution in [0.2, 0.25) is 0 Å². The van der Waals surface area contributed by atoms with E-state index in [1.165, 1.54) is 36.1 Å². The van der Waals surface area contributed by atoms with Crippen LogP contribution in [0.15, 0.2) is 11.4 Å². The zero-order valence-corrected chi connectivity index (χ0v) is 8.94. The molecule has 0 bridgehead atoms. The zero-order valence-electron chi connectivity index (χ0n) is 8.12. The Balaban J connectivity index is 1.88. The van der Waals surface area contributed by atoms with E-state index in [4.69, 9.17) is 5.73 Å². The Morgan fingerprint density at radius 1 is 1.62 bits per heavy atom. The van der Waals surface area contributed by atoms with Gasteiger partial charge < -0.3 is 5.73 Å². The first-order chi connectivity index (χ1) is 6.27. The average molecular weight is 195 g/mol. The second-order valence-electron chi connectivity index (χ2n) is 4.10. The first kappa shape index (κ1) is 9.22. The lowest BCUT2D eigenvalue weighted by atomic mass is 10.1. The number of rotatable bonds is 4. The molecule has 0 aliphatic heterocycles. The van der Waals surface area contributed by atoms with Crippen molar-refractivity contribution >= 4 is 11.3 Å². The van der Waals surface area contributed by atoms with Gasteiger partial charge in [-0.3, -0.25) is 0 Å². The minimum absolute atomic E-state index is 0.292. The quantitative estimate of drug-likeness (QED) is 0.784. The fourth-order valence-corrected chi connectivity index (χ4v) is 2.68. The molecule has 1 heterocycles. The van der Waals surface area contributed by atoms with E-state index in [-0.39, 0.29) is 0 Å². The van der Waals surface area contributed by atoms with Gasteiger partial charge in [-0.2, -0.15) is 0 Å². The Morgan fingerprint density at radius 3 is 2.92 bits per heavy atom. The summed E-state index contributed by atoms with van der Waals surface area (Å²) in [6, 6.07) is 2.46. The van der Waals surface area contributed by atoms with Gasteiger partial charge in [0.05, 0.1) is 0 Å². The van der Waals surface area contributed by atoms with Crippen LogP contribution in [-0.4, -0.2) is 0 Å². The van der Waals surface area contributed by atoms with Crippen molar-refractivity contribution in [1.82, 2.24) is 0 Å². The monoisotopic (exact) mass is 195 g/mol. The SMILES string of the molecule is Cc1ccsc1C(N)CCC1CC1. The van der Waals surface area contributed by atoms with Crippen LogP contribution in [0.4, 0.5) is 0 Å². The van der Waals surface area contributed by atoms with Crippen LogP contribution in [0, 0.1) is 12.8 Å². The molecule has 1 fully saturated rings. The highest BCUT2D eigenvalue weighted by atomic mass is 32.1. The molecule has 0 saturated heterocycles. The second-order valence-corrected chi connectivity index (χ2v) is 5.04. The molecule has 0 aromatic carbocycles. The molecule has 1 atom stereocenters. The molecule has 1 aromatic heterocycles. The third kappa shape index (κ3) is 2.32. The molecule has 2 N–H and O–H groups in total. The van der Waals surface area contributed by atoms with Crippen LogP contribution in [0.1, 0.15) is 42.2 Å². The molecule has 2 rings (SSSR count). The standard InChI is InChI=1S/C11H17NS/c1-8-6-7-13-11(8)10(12)5-4-9-2-3-9/h6-7,9-10H,2-5,12H2,1H3. The van der Waals surface area contributed by atoms with Gasteiger partial charge in [0.1, 0.15) is 0 Å². The largest absolute Gasteiger partial charge is 0.323 e. The molecular formula is C11H17NS.